The van der Waals surface area contributed by atoms with Gasteiger partial charge in [-0.15, -0.1) is 0 Å². The first-order valence-corrected chi connectivity index (χ1v) is 9.57. The minimum Gasteiger partial charge on any atom is -0.469 e. The summed E-state index contributed by atoms with van der Waals surface area (Å²) in [5, 5.41) is 0. The van der Waals surface area contributed by atoms with Crippen LogP contribution in [-0.2, 0) is 11.3 Å². The van der Waals surface area contributed by atoms with Crippen molar-refractivity contribution >= 4 is 16.9 Å². The zero-order chi connectivity index (χ0) is 17.7. The average Bonchev–Trinajstić information content (AvgIpc) is 3.08. The zero-order valence-corrected chi connectivity index (χ0v) is 15.0. The Bertz CT molecular complexity index is 943. The molecule has 1 aliphatic heterocycles. The Balaban J connectivity index is 1.44. The number of amides is 1. The molecular weight excluding hydrogens is 326 g/mol. The Labute approximate surface area is 152 Å². The highest BCUT2D eigenvalue weighted by Gasteiger charge is 2.49. The molecule has 2 aliphatic rings. The molecule has 3 aromatic rings. The van der Waals surface area contributed by atoms with Crippen molar-refractivity contribution in [3.8, 4) is 0 Å². The normalized spacial score (nSPS) is 25.1. The van der Waals surface area contributed by atoms with Gasteiger partial charge < -0.3 is 13.9 Å². The van der Waals surface area contributed by atoms with Crippen LogP contribution in [0.25, 0.3) is 11.0 Å². The number of rotatable bonds is 4. The maximum absolute atomic E-state index is 13.2. The molecule has 5 nitrogen and oxygen atoms in total. The first-order chi connectivity index (χ1) is 12.8. The van der Waals surface area contributed by atoms with Crippen molar-refractivity contribution in [1.82, 2.24) is 14.5 Å². The third kappa shape index (κ3) is 2.37. The number of hydrogen-bond donors (Lipinski definition) is 0. The predicted molar refractivity (Wildman–Crippen MR) is 98.7 cm³/mol. The van der Waals surface area contributed by atoms with Crippen LogP contribution < -0.4 is 0 Å². The average molecular weight is 349 g/mol. The third-order valence-corrected chi connectivity index (χ3v) is 5.85. The summed E-state index contributed by atoms with van der Waals surface area (Å²) >= 11 is 0. The summed E-state index contributed by atoms with van der Waals surface area (Å²) in [6.45, 7) is 3.84. The van der Waals surface area contributed by atoms with E-state index in [1.807, 2.05) is 18.2 Å². The van der Waals surface area contributed by atoms with E-state index in [-0.39, 0.29) is 23.8 Å². The van der Waals surface area contributed by atoms with Gasteiger partial charge in [-0.05, 0) is 50.5 Å². The molecule has 2 fully saturated rings. The van der Waals surface area contributed by atoms with Crippen molar-refractivity contribution in [2.45, 2.75) is 44.7 Å². The molecule has 5 rings (SSSR count). The van der Waals surface area contributed by atoms with Crippen LogP contribution in [0.3, 0.4) is 0 Å². The third-order valence-electron chi connectivity index (χ3n) is 5.85. The van der Waals surface area contributed by atoms with Gasteiger partial charge >= 0.3 is 0 Å². The number of carbonyl (C=O) groups is 1. The first kappa shape index (κ1) is 15.7. The van der Waals surface area contributed by atoms with Gasteiger partial charge in [-0.3, -0.25) is 4.79 Å². The maximum atomic E-state index is 13.2. The van der Waals surface area contributed by atoms with Crippen LogP contribution in [-0.4, -0.2) is 26.9 Å². The van der Waals surface area contributed by atoms with E-state index in [9.17, 15) is 4.79 Å². The highest BCUT2D eigenvalue weighted by molar-refractivity contribution is 5.84. The van der Waals surface area contributed by atoms with E-state index in [0.29, 0.717) is 0 Å². The summed E-state index contributed by atoms with van der Waals surface area (Å²) in [5.41, 5.74) is 2.17. The van der Waals surface area contributed by atoms with Crippen LogP contribution in [0.4, 0.5) is 0 Å². The van der Waals surface area contributed by atoms with Crippen molar-refractivity contribution in [2.75, 3.05) is 6.54 Å². The molecule has 1 aromatic carbocycles. The minimum atomic E-state index is 0.0706. The van der Waals surface area contributed by atoms with Crippen molar-refractivity contribution in [3.05, 3.63) is 54.2 Å². The van der Waals surface area contributed by atoms with E-state index in [4.69, 9.17) is 9.40 Å². The SMILES string of the molecule is CCn1c([C@@H]2CCCN2C(=O)[C@@H]2C[C@H]2c2ccco2)nc2ccccc21. The molecule has 1 aliphatic carbocycles. The van der Waals surface area contributed by atoms with Crippen LogP contribution in [0.1, 0.15) is 49.7 Å². The molecule has 3 atom stereocenters. The molecule has 1 saturated heterocycles. The molecule has 1 saturated carbocycles. The lowest BCUT2D eigenvalue weighted by molar-refractivity contribution is -0.133. The maximum Gasteiger partial charge on any atom is 0.227 e. The van der Waals surface area contributed by atoms with E-state index >= 15 is 0 Å². The van der Waals surface area contributed by atoms with Crippen LogP contribution in [0, 0.1) is 5.92 Å². The molecule has 0 bridgehead atoms. The Morgan fingerprint density at radius 1 is 1.27 bits per heavy atom. The summed E-state index contributed by atoms with van der Waals surface area (Å²) in [5.74, 6) is 2.57. The molecule has 0 radical (unpaired) electrons. The standard InChI is InChI=1S/C21H23N3O2/c1-2-23-17-8-4-3-7-16(17)22-20(23)18-9-5-11-24(18)21(25)15-13-14(15)19-10-6-12-26-19/h3-4,6-8,10,12,14-15,18H,2,5,9,11,13H2,1H3/t14-,15-,18+/m1/s1. The lowest BCUT2D eigenvalue weighted by atomic mass is 10.2. The van der Waals surface area contributed by atoms with Gasteiger partial charge in [-0.2, -0.15) is 0 Å². The fraction of sp³-hybridized carbons (Fsp3) is 0.429. The fourth-order valence-corrected chi connectivity index (χ4v) is 4.48. The van der Waals surface area contributed by atoms with Gasteiger partial charge in [0, 0.05) is 24.9 Å². The van der Waals surface area contributed by atoms with E-state index < -0.39 is 0 Å². The molecule has 0 unspecified atom stereocenters. The van der Waals surface area contributed by atoms with Gasteiger partial charge in [-0.1, -0.05) is 12.1 Å². The number of fused-ring (bicyclic) bond motifs is 1. The number of likely N-dealkylation sites (tertiary alicyclic amines) is 1. The van der Waals surface area contributed by atoms with E-state index in [1.165, 1.54) is 0 Å². The van der Waals surface area contributed by atoms with Gasteiger partial charge in [0.1, 0.15) is 11.6 Å². The smallest absolute Gasteiger partial charge is 0.227 e. The largest absolute Gasteiger partial charge is 0.469 e. The Kier molecular flexibility index (Phi) is 3.62. The summed E-state index contributed by atoms with van der Waals surface area (Å²) < 4.78 is 7.77. The highest BCUT2D eigenvalue weighted by Crippen LogP contribution is 2.50. The topological polar surface area (TPSA) is 51.3 Å². The summed E-state index contributed by atoms with van der Waals surface area (Å²) in [6.07, 6.45) is 4.63. The number of carbonyl (C=O) groups excluding carboxylic acids is 1. The second kappa shape index (κ2) is 6.01. The summed E-state index contributed by atoms with van der Waals surface area (Å²) in [7, 11) is 0. The zero-order valence-electron chi connectivity index (χ0n) is 15.0. The molecule has 1 amide bonds. The fourth-order valence-electron chi connectivity index (χ4n) is 4.48. The molecule has 26 heavy (non-hydrogen) atoms. The molecule has 134 valence electrons. The monoisotopic (exact) mass is 349 g/mol. The van der Waals surface area contributed by atoms with Gasteiger partial charge in [0.2, 0.25) is 5.91 Å². The summed E-state index contributed by atoms with van der Waals surface area (Å²) in [6, 6.07) is 12.2. The predicted octanol–water partition coefficient (Wildman–Crippen LogP) is 4.12. The number of aromatic nitrogens is 2. The van der Waals surface area contributed by atoms with Crippen LogP contribution in [0.2, 0.25) is 0 Å². The highest BCUT2D eigenvalue weighted by atomic mass is 16.3. The molecule has 0 N–H and O–H groups in total. The number of para-hydroxylation sites is 2. The van der Waals surface area contributed by atoms with E-state index in [0.717, 1.165) is 55.0 Å². The molecular formula is C21H23N3O2. The van der Waals surface area contributed by atoms with Gasteiger partial charge in [0.15, 0.2) is 0 Å². The van der Waals surface area contributed by atoms with Crippen LogP contribution in [0.5, 0.6) is 0 Å². The van der Waals surface area contributed by atoms with Crippen molar-refractivity contribution in [2.24, 2.45) is 5.92 Å². The van der Waals surface area contributed by atoms with E-state index in [1.54, 1.807) is 6.26 Å². The number of furan rings is 1. The molecule has 3 heterocycles. The van der Waals surface area contributed by atoms with Crippen LogP contribution >= 0.6 is 0 Å². The van der Waals surface area contributed by atoms with Crippen molar-refractivity contribution < 1.29 is 9.21 Å². The molecule has 5 heteroatoms. The van der Waals surface area contributed by atoms with Crippen LogP contribution in [0.15, 0.2) is 47.1 Å². The Morgan fingerprint density at radius 2 is 2.15 bits per heavy atom. The second-order valence-electron chi connectivity index (χ2n) is 7.36. The van der Waals surface area contributed by atoms with E-state index in [2.05, 4.69) is 34.6 Å². The number of nitrogens with zero attached hydrogens (tertiary/aromatic N) is 3. The second-order valence-corrected chi connectivity index (χ2v) is 7.36. The minimum absolute atomic E-state index is 0.0706. The molecule has 2 aromatic heterocycles. The van der Waals surface area contributed by atoms with Gasteiger partial charge in [-0.25, -0.2) is 4.98 Å². The lowest BCUT2D eigenvalue weighted by Gasteiger charge is -2.25. The van der Waals surface area contributed by atoms with Crippen molar-refractivity contribution in [1.29, 1.82) is 0 Å². The number of hydrogen-bond acceptors (Lipinski definition) is 3. The molecule has 0 spiro atoms. The Morgan fingerprint density at radius 3 is 2.96 bits per heavy atom. The lowest BCUT2D eigenvalue weighted by Crippen LogP contribution is -2.33. The quantitative estimate of drug-likeness (QED) is 0.712. The Hall–Kier alpha value is -2.56. The van der Waals surface area contributed by atoms with Crippen molar-refractivity contribution in [3.63, 3.8) is 0 Å². The van der Waals surface area contributed by atoms with Gasteiger partial charge in [0.05, 0.1) is 23.3 Å². The summed E-state index contributed by atoms with van der Waals surface area (Å²) in [4.78, 5) is 20.1. The van der Waals surface area contributed by atoms with Gasteiger partial charge in [0.25, 0.3) is 0 Å². The number of aryl methyl sites for hydroxylation is 1. The number of imidazole rings is 1. The first-order valence-electron chi connectivity index (χ1n) is 9.57. The number of benzene rings is 1.